The van der Waals surface area contributed by atoms with Crippen LogP contribution in [0, 0.1) is 0 Å². The second kappa shape index (κ2) is 2.68. The maximum atomic E-state index is 13.0. The van der Waals surface area contributed by atoms with E-state index in [4.69, 9.17) is 10.5 Å². The van der Waals surface area contributed by atoms with E-state index in [9.17, 15) is 8.78 Å². The molecule has 1 fully saturated rings. The van der Waals surface area contributed by atoms with E-state index in [2.05, 4.69) is 0 Å². The van der Waals surface area contributed by atoms with Crippen molar-refractivity contribution in [2.24, 2.45) is 5.73 Å². The summed E-state index contributed by atoms with van der Waals surface area (Å²) in [6.45, 7) is 1.21. The van der Waals surface area contributed by atoms with Crippen molar-refractivity contribution in [3.05, 3.63) is 0 Å². The summed E-state index contributed by atoms with van der Waals surface area (Å²) >= 11 is 0. The Hall–Kier alpha value is -0.220. The Morgan fingerprint density at radius 1 is 1.64 bits per heavy atom. The summed E-state index contributed by atoms with van der Waals surface area (Å²) < 4.78 is 31.0. The Labute approximate surface area is 64.7 Å². The number of rotatable bonds is 2. The molecule has 2 N–H and O–H groups in total. The van der Waals surface area contributed by atoms with Crippen LogP contribution >= 0.6 is 0 Å². The maximum Gasteiger partial charge on any atom is 0.288 e. The average molecular weight is 165 g/mol. The number of hydrogen-bond donors (Lipinski definition) is 1. The minimum atomic E-state index is -2.89. The molecule has 1 unspecified atom stereocenters. The first-order chi connectivity index (χ1) is 5.02. The molecule has 1 rings (SSSR count). The lowest BCUT2D eigenvalue weighted by Gasteiger charge is -2.31. The van der Waals surface area contributed by atoms with Gasteiger partial charge in [-0.25, -0.2) is 8.78 Å². The van der Waals surface area contributed by atoms with E-state index in [1.54, 1.807) is 0 Å². The summed E-state index contributed by atoms with van der Waals surface area (Å²) in [4.78, 5) is 0. The zero-order valence-corrected chi connectivity index (χ0v) is 6.57. The van der Waals surface area contributed by atoms with Crippen molar-refractivity contribution in [3.8, 4) is 0 Å². The van der Waals surface area contributed by atoms with Crippen molar-refractivity contribution >= 4 is 0 Å². The van der Waals surface area contributed by atoms with Crippen LogP contribution in [0.25, 0.3) is 0 Å². The molecule has 0 radical (unpaired) electrons. The van der Waals surface area contributed by atoms with Gasteiger partial charge in [-0.1, -0.05) is 0 Å². The van der Waals surface area contributed by atoms with Crippen molar-refractivity contribution in [2.45, 2.75) is 31.3 Å². The normalized spacial score (nSPS) is 32.7. The molecule has 1 heterocycles. The van der Waals surface area contributed by atoms with Crippen LogP contribution in [0.5, 0.6) is 0 Å². The van der Waals surface area contributed by atoms with Gasteiger partial charge in [-0.05, 0) is 19.8 Å². The molecule has 0 spiro atoms. The second-order valence-electron chi connectivity index (χ2n) is 3.09. The Balaban J connectivity index is 2.69. The average Bonchev–Trinajstić information content (AvgIpc) is 2.38. The fraction of sp³-hybridized carbons (Fsp3) is 1.00. The lowest BCUT2D eigenvalue weighted by Crippen LogP contribution is -2.49. The largest absolute Gasteiger partial charge is 0.369 e. The van der Waals surface area contributed by atoms with Crippen molar-refractivity contribution in [1.82, 2.24) is 0 Å². The van der Waals surface area contributed by atoms with Gasteiger partial charge in [0.2, 0.25) is 0 Å². The minimum absolute atomic E-state index is 0.400. The zero-order valence-electron chi connectivity index (χ0n) is 6.57. The minimum Gasteiger partial charge on any atom is -0.369 e. The molecule has 11 heavy (non-hydrogen) atoms. The highest BCUT2D eigenvalue weighted by Gasteiger charge is 2.51. The second-order valence-corrected chi connectivity index (χ2v) is 3.09. The molecule has 1 aliphatic heterocycles. The molecule has 0 aromatic carbocycles. The monoisotopic (exact) mass is 165 g/mol. The van der Waals surface area contributed by atoms with E-state index in [0.29, 0.717) is 19.4 Å². The van der Waals surface area contributed by atoms with Crippen LogP contribution < -0.4 is 5.73 Å². The maximum absolute atomic E-state index is 13.0. The van der Waals surface area contributed by atoms with Crippen LogP contribution in [0.15, 0.2) is 0 Å². The highest BCUT2D eigenvalue weighted by molar-refractivity contribution is 4.94. The van der Waals surface area contributed by atoms with Crippen LogP contribution in [0.1, 0.15) is 19.8 Å². The van der Waals surface area contributed by atoms with E-state index < -0.39 is 18.1 Å². The van der Waals surface area contributed by atoms with Gasteiger partial charge in [0, 0.05) is 6.61 Å². The highest BCUT2D eigenvalue weighted by atomic mass is 19.3. The fourth-order valence-corrected chi connectivity index (χ4v) is 1.28. The Kier molecular flexibility index (Phi) is 2.16. The molecular formula is C7H13F2NO. The summed E-state index contributed by atoms with van der Waals surface area (Å²) in [5.74, 6) is -2.89. The number of ether oxygens (including phenoxy) is 1. The van der Waals surface area contributed by atoms with Gasteiger partial charge < -0.3 is 10.5 Å². The van der Waals surface area contributed by atoms with Gasteiger partial charge in [0.1, 0.15) is 5.60 Å². The number of alkyl halides is 2. The molecule has 0 amide bonds. The van der Waals surface area contributed by atoms with Gasteiger partial charge >= 0.3 is 0 Å². The van der Waals surface area contributed by atoms with E-state index >= 15 is 0 Å². The third-order valence-electron chi connectivity index (χ3n) is 2.25. The van der Waals surface area contributed by atoms with Crippen molar-refractivity contribution in [3.63, 3.8) is 0 Å². The first-order valence-electron chi connectivity index (χ1n) is 3.74. The van der Waals surface area contributed by atoms with E-state index in [1.807, 2.05) is 0 Å². The summed E-state index contributed by atoms with van der Waals surface area (Å²) in [6, 6.07) is 0. The zero-order chi connectivity index (χ0) is 8.54. The third kappa shape index (κ3) is 1.37. The number of nitrogens with two attached hydrogens (primary N) is 1. The Bertz CT molecular complexity index is 143. The standard InChI is InChI=1S/C7H13F2NO/c1-6(3-2-4-11-6)7(8,9)5-10/h2-5,10H2,1H3. The summed E-state index contributed by atoms with van der Waals surface area (Å²) in [5, 5.41) is 0. The molecule has 66 valence electrons. The highest BCUT2D eigenvalue weighted by Crippen LogP contribution is 2.38. The fourth-order valence-electron chi connectivity index (χ4n) is 1.28. The summed E-state index contributed by atoms with van der Waals surface area (Å²) in [5.41, 5.74) is 3.62. The molecule has 0 bridgehead atoms. The molecule has 0 aromatic heterocycles. The van der Waals surface area contributed by atoms with Crippen molar-refractivity contribution in [2.75, 3.05) is 13.2 Å². The first-order valence-corrected chi connectivity index (χ1v) is 3.74. The summed E-state index contributed by atoms with van der Waals surface area (Å²) in [7, 11) is 0. The molecule has 4 heteroatoms. The van der Waals surface area contributed by atoms with Gasteiger partial charge in [-0.3, -0.25) is 0 Å². The van der Waals surface area contributed by atoms with Gasteiger partial charge in [-0.2, -0.15) is 0 Å². The number of hydrogen-bond acceptors (Lipinski definition) is 2. The molecule has 1 saturated heterocycles. The molecule has 0 aromatic rings. The lowest BCUT2D eigenvalue weighted by molar-refractivity contribution is -0.171. The van der Waals surface area contributed by atoms with Crippen LogP contribution in [-0.2, 0) is 4.74 Å². The van der Waals surface area contributed by atoms with Gasteiger partial charge in [0.05, 0.1) is 6.54 Å². The van der Waals surface area contributed by atoms with Gasteiger partial charge in [-0.15, -0.1) is 0 Å². The quantitative estimate of drug-likeness (QED) is 0.666. The van der Waals surface area contributed by atoms with Crippen LogP contribution in [0.2, 0.25) is 0 Å². The van der Waals surface area contributed by atoms with Crippen LogP contribution in [0.3, 0.4) is 0 Å². The first kappa shape index (κ1) is 8.87. The van der Waals surface area contributed by atoms with Crippen molar-refractivity contribution < 1.29 is 13.5 Å². The SMILES string of the molecule is CC1(C(F)(F)CN)CCCO1. The Morgan fingerprint density at radius 3 is 2.64 bits per heavy atom. The van der Waals surface area contributed by atoms with Gasteiger partial charge in [0.25, 0.3) is 5.92 Å². The van der Waals surface area contributed by atoms with E-state index in [-0.39, 0.29) is 0 Å². The topological polar surface area (TPSA) is 35.2 Å². The smallest absolute Gasteiger partial charge is 0.288 e. The molecule has 0 saturated carbocycles. The van der Waals surface area contributed by atoms with E-state index in [0.717, 1.165) is 0 Å². The predicted octanol–water partition coefficient (Wildman–Crippen LogP) is 1.15. The number of halogens is 2. The predicted molar refractivity (Wildman–Crippen MR) is 37.6 cm³/mol. The lowest BCUT2D eigenvalue weighted by atomic mass is 9.95. The summed E-state index contributed by atoms with van der Waals surface area (Å²) in [6.07, 6.45) is 1.10. The van der Waals surface area contributed by atoms with Crippen LogP contribution in [-0.4, -0.2) is 24.7 Å². The van der Waals surface area contributed by atoms with Crippen molar-refractivity contribution in [1.29, 1.82) is 0 Å². The molecule has 2 nitrogen and oxygen atoms in total. The molecule has 1 aliphatic rings. The Morgan fingerprint density at radius 2 is 2.27 bits per heavy atom. The van der Waals surface area contributed by atoms with Gasteiger partial charge in [0.15, 0.2) is 0 Å². The molecule has 0 aliphatic carbocycles. The third-order valence-corrected chi connectivity index (χ3v) is 2.25. The molecule has 1 atom stereocenters. The van der Waals surface area contributed by atoms with E-state index in [1.165, 1.54) is 6.92 Å². The van der Waals surface area contributed by atoms with Crippen LogP contribution in [0.4, 0.5) is 8.78 Å². The molecular weight excluding hydrogens is 152 g/mol.